The van der Waals surface area contributed by atoms with Crippen molar-refractivity contribution in [1.82, 2.24) is 9.62 Å². The number of carbonyl (C=O) groups is 1. The number of amides is 1. The highest BCUT2D eigenvalue weighted by Gasteiger charge is 2.19. The Labute approximate surface area is 153 Å². The lowest BCUT2D eigenvalue weighted by molar-refractivity contribution is -0.121. The van der Waals surface area contributed by atoms with Crippen LogP contribution in [0.15, 0.2) is 59.5 Å². The van der Waals surface area contributed by atoms with E-state index in [4.69, 9.17) is 11.6 Å². The smallest absolute Gasteiger partial charge is 0.242 e. The van der Waals surface area contributed by atoms with Crippen LogP contribution in [-0.2, 0) is 21.4 Å². The molecule has 134 valence electrons. The first-order valence-electron chi connectivity index (χ1n) is 7.93. The van der Waals surface area contributed by atoms with Gasteiger partial charge in [0.05, 0.1) is 4.90 Å². The van der Waals surface area contributed by atoms with Gasteiger partial charge in [0.2, 0.25) is 15.9 Å². The van der Waals surface area contributed by atoms with Gasteiger partial charge in [-0.2, -0.15) is 0 Å². The Hall–Kier alpha value is -1.89. The van der Waals surface area contributed by atoms with E-state index in [0.717, 1.165) is 5.56 Å². The number of nitrogens with one attached hydrogen (secondary N) is 1. The van der Waals surface area contributed by atoms with Crippen molar-refractivity contribution in [3.05, 3.63) is 65.2 Å². The lowest BCUT2D eigenvalue weighted by Gasteiger charge is -2.17. The summed E-state index contributed by atoms with van der Waals surface area (Å²) in [6.07, 6.45) is 0.690. The van der Waals surface area contributed by atoms with Gasteiger partial charge in [0, 0.05) is 31.6 Å². The second-order valence-electron chi connectivity index (χ2n) is 5.61. The van der Waals surface area contributed by atoms with Crippen molar-refractivity contribution in [1.29, 1.82) is 0 Å². The predicted molar refractivity (Wildman–Crippen MR) is 98.8 cm³/mol. The molecule has 1 amide bonds. The van der Waals surface area contributed by atoms with Crippen LogP contribution in [0.25, 0.3) is 0 Å². The molecule has 2 aromatic carbocycles. The summed E-state index contributed by atoms with van der Waals surface area (Å²) in [6, 6.07) is 15.6. The van der Waals surface area contributed by atoms with Crippen molar-refractivity contribution >= 4 is 27.5 Å². The molecule has 0 unspecified atom stereocenters. The van der Waals surface area contributed by atoms with Crippen molar-refractivity contribution in [2.75, 3.05) is 13.6 Å². The number of nitrogens with zero attached hydrogens (tertiary/aromatic N) is 1. The van der Waals surface area contributed by atoms with Gasteiger partial charge in [0.1, 0.15) is 0 Å². The van der Waals surface area contributed by atoms with Crippen LogP contribution >= 0.6 is 11.6 Å². The Morgan fingerprint density at radius 2 is 1.72 bits per heavy atom. The molecule has 25 heavy (non-hydrogen) atoms. The molecular weight excluding hydrogens is 360 g/mol. The summed E-state index contributed by atoms with van der Waals surface area (Å²) in [5.41, 5.74) is 0.848. The maximum Gasteiger partial charge on any atom is 0.242 e. The zero-order chi connectivity index (χ0) is 18.3. The van der Waals surface area contributed by atoms with E-state index in [9.17, 15) is 13.2 Å². The topological polar surface area (TPSA) is 66.5 Å². The fourth-order valence-corrected chi connectivity index (χ4v) is 3.71. The number of carbonyl (C=O) groups excluding carboxylic acids is 1. The highest BCUT2D eigenvalue weighted by atomic mass is 35.5. The van der Waals surface area contributed by atoms with Gasteiger partial charge in [-0.1, -0.05) is 48.0 Å². The van der Waals surface area contributed by atoms with Crippen LogP contribution in [0, 0.1) is 0 Å². The molecule has 0 heterocycles. The second kappa shape index (κ2) is 8.99. The summed E-state index contributed by atoms with van der Waals surface area (Å²) in [4.78, 5) is 12.2. The number of rotatable bonds is 8. The maximum absolute atomic E-state index is 12.4. The maximum atomic E-state index is 12.4. The SMILES string of the molecule is CN(CCCC(=O)NCc1ccccc1Cl)S(=O)(=O)c1ccccc1. The molecule has 0 aliphatic heterocycles. The number of halogens is 1. The van der Waals surface area contributed by atoms with Gasteiger partial charge in [-0.25, -0.2) is 12.7 Å². The van der Waals surface area contributed by atoms with Crippen molar-refractivity contribution in [2.45, 2.75) is 24.3 Å². The van der Waals surface area contributed by atoms with Crippen molar-refractivity contribution < 1.29 is 13.2 Å². The summed E-state index contributed by atoms with van der Waals surface area (Å²) >= 11 is 6.04. The Balaban J connectivity index is 1.78. The first-order chi connectivity index (χ1) is 11.9. The Morgan fingerprint density at radius 3 is 2.40 bits per heavy atom. The number of hydrogen-bond donors (Lipinski definition) is 1. The standard InChI is InChI=1S/C18H21ClN2O3S/c1-21(25(23,24)16-9-3-2-4-10-16)13-7-12-18(22)20-14-15-8-5-6-11-17(15)19/h2-6,8-11H,7,12-14H2,1H3,(H,20,22). The van der Waals surface area contributed by atoms with E-state index in [1.807, 2.05) is 18.2 Å². The number of sulfonamides is 1. The normalized spacial score (nSPS) is 11.5. The quantitative estimate of drug-likeness (QED) is 0.765. The summed E-state index contributed by atoms with van der Waals surface area (Å²) in [6.45, 7) is 0.632. The third-order valence-electron chi connectivity index (χ3n) is 3.76. The molecule has 0 saturated heterocycles. The highest BCUT2D eigenvalue weighted by Crippen LogP contribution is 2.15. The Bertz CT molecular complexity index is 810. The predicted octanol–water partition coefficient (Wildman–Crippen LogP) is 3.06. The third kappa shape index (κ3) is 5.56. The lowest BCUT2D eigenvalue weighted by atomic mass is 10.2. The molecule has 0 aromatic heterocycles. The van der Waals surface area contributed by atoms with Gasteiger partial charge in [0.15, 0.2) is 0 Å². The van der Waals surface area contributed by atoms with E-state index < -0.39 is 10.0 Å². The summed E-state index contributed by atoms with van der Waals surface area (Å²) < 4.78 is 26.0. The molecule has 0 aliphatic rings. The minimum Gasteiger partial charge on any atom is -0.352 e. The van der Waals surface area contributed by atoms with Gasteiger partial charge in [-0.15, -0.1) is 0 Å². The van der Waals surface area contributed by atoms with E-state index >= 15 is 0 Å². The van der Waals surface area contributed by atoms with Gasteiger partial charge in [-0.3, -0.25) is 4.79 Å². The lowest BCUT2D eigenvalue weighted by Crippen LogP contribution is -2.29. The number of benzene rings is 2. The molecule has 5 nitrogen and oxygen atoms in total. The molecule has 0 bridgehead atoms. The van der Waals surface area contributed by atoms with E-state index in [-0.39, 0.29) is 23.8 Å². The monoisotopic (exact) mass is 380 g/mol. The van der Waals surface area contributed by atoms with Crippen LogP contribution in [0.4, 0.5) is 0 Å². The highest BCUT2D eigenvalue weighted by molar-refractivity contribution is 7.89. The minimum atomic E-state index is -3.51. The molecule has 0 aliphatic carbocycles. The first kappa shape index (κ1) is 19.4. The first-order valence-corrected chi connectivity index (χ1v) is 9.74. The third-order valence-corrected chi connectivity index (χ3v) is 6.00. The summed E-state index contributed by atoms with van der Waals surface area (Å²) in [5.74, 6) is -0.134. The van der Waals surface area contributed by atoms with E-state index in [0.29, 0.717) is 18.0 Å². The molecule has 0 fully saturated rings. The molecular formula is C18H21ClN2O3S. The van der Waals surface area contributed by atoms with Gasteiger partial charge >= 0.3 is 0 Å². The number of hydrogen-bond acceptors (Lipinski definition) is 3. The summed E-state index contributed by atoms with van der Waals surface area (Å²) in [5, 5.41) is 3.40. The van der Waals surface area contributed by atoms with Crippen molar-refractivity contribution in [3.8, 4) is 0 Å². The fraction of sp³-hybridized carbons (Fsp3) is 0.278. The molecule has 7 heteroatoms. The minimum absolute atomic E-state index is 0.134. The molecule has 1 N–H and O–H groups in total. The van der Waals surface area contributed by atoms with Gasteiger partial charge in [-0.05, 0) is 30.2 Å². The molecule has 0 spiro atoms. The van der Waals surface area contributed by atoms with Crippen LogP contribution in [0.2, 0.25) is 5.02 Å². The molecule has 0 atom stereocenters. The second-order valence-corrected chi connectivity index (χ2v) is 8.06. The molecule has 2 aromatic rings. The average Bonchev–Trinajstić information content (AvgIpc) is 2.61. The van der Waals surface area contributed by atoms with Crippen LogP contribution in [0.3, 0.4) is 0 Å². The van der Waals surface area contributed by atoms with E-state index in [1.165, 1.54) is 11.4 Å². The summed E-state index contributed by atoms with van der Waals surface area (Å²) in [7, 11) is -2.00. The molecule has 0 saturated carbocycles. The van der Waals surface area contributed by atoms with E-state index in [1.54, 1.807) is 36.4 Å². The largest absolute Gasteiger partial charge is 0.352 e. The van der Waals surface area contributed by atoms with Gasteiger partial charge < -0.3 is 5.32 Å². The van der Waals surface area contributed by atoms with Crippen molar-refractivity contribution in [2.24, 2.45) is 0 Å². The Morgan fingerprint density at radius 1 is 1.08 bits per heavy atom. The fourth-order valence-electron chi connectivity index (χ4n) is 2.28. The Kier molecular flexibility index (Phi) is 6.99. The van der Waals surface area contributed by atoms with Gasteiger partial charge in [0.25, 0.3) is 0 Å². The van der Waals surface area contributed by atoms with Crippen molar-refractivity contribution in [3.63, 3.8) is 0 Å². The molecule has 0 radical (unpaired) electrons. The van der Waals surface area contributed by atoms with Crippen LogP contribution in [0.5, 0.6) is 0 Å². The zero-order valence-corrected chi connectivity index (χ0v) is 15.6. The van der Waals surface area contributed by atoms with E-state index in [2.05, 4.69) is 5.32 Å². The van der Waals surface area contributed by atoms with Crippen LogP contribution in [-0.4, -0.2) is 32.2 Å². The van der Waals surface area contributed by atoms with Crippen LogP contribution in [0.1, 0.15) is 18.4 Å². The molecule has 2 rings (SSSR count). The zero-order valence-electron chi connectivity index (χ0n) is 14.0. The van der Waals surface area contributed by atoms with Crippen LogP contribution < -0.4 is 5.32 Å². The average molecular weight is 381 g/mol.